The molecule has 0 N–H and O–H groups in total. The van der Waals surface area contributed by atoms with Gasteiger partial charge in [-0.15, -0.1) is 0 Å². The number of nitrogens with zero attached hydrogens (tertiary/aromatic N) is 6. The molecule has 0 spiro atoms. The van der Waals surface area contributed by atoms with Crippen molar-refractivity contribution in [1.29, 1.82) is 0 Å². The lowest BCUT2D eigenvalue weighted by Crippen LogP contribution is -2.05. The van der Waals surface area contributed by atoms with Crippen LogP contribution in [0.25, 0.3) is 39.5 Å². The van der Waals surface area contributed by atoms with E-state index in [1.165, 1.54) is 5.56 Å². The summed E-state index contributed by atoms with van der Waals surface area (Å²) in [6, 6.07) is 16.0. The van der Waals surface area contributed by atoms with E-state index in [9.17, 15) is 0 Å². The maximum Gasteiger partial charge on any atom is 0.165 e. The quantitative estimate of drug-likeness (QED) is 0.438. The van der Waals surface area contributed by atoms with Gasteiger partial charge in [-0.2, -0.15) is 5.10 Å². The van der Waals surface area contributed by atoms with Gasteiger partial charge in [0, 0.05) is 11.8 Å². The molecule has 0 amide bonds. The number of hydrogen-bond acceptors (Lipinski definition) is 5. The summed E-state index contributed by atoms with van der Waals surface area (Å²) in [6.45, 7) is 6.30. The predicted octanol–water partition coefficient (Wildman–Crippen LogP) is 4.86. The molecule has 0 aliphatic heterocycles. The second-order valence-electron chi connectivity index (χ2n) is 7.39. The van der Waals surface area contributed by atoms with Crippen LogP contribution in [0.15, 0.2) is 67.3 Å². The predicted molar refractivity (Wildman–Crippen MR) is 117 cm³/mol. The third kappa shape index (κ3) is 3.03. The molecule has 0 saturated heterocycles. The molecular weight excluding hydrogens is 372 g/mol. The molecule has 3 aromatic heterocycles. The fourth-order valence-corrected chi connectivity index (χ4v) is 3.95. The molecule has 2 aromatic carbocycles. The Balaban J connectivity index is 1.68. The van der Waals surface area contributed by atoms with Crippen LogP contribution in [0.2, 0.25) is 0 Å². The zero-order valence-corrected chi connectivity index (χ0v) is 17.0. The number of para-hydroxylation sites is 1. The van der Waals surface area contributed by atoms with Gasteiger partial charge in [0.05, 0.1) is 28.6 Å². The van der Waals surface area contributed by atoms with Gasteiger partial charge in [-0.25, -0.2) is 14.6 Å². The Labute approximate surface area is 174 Å². The standard InChI is InChI=1S/C24H20N6/c1-15-11-16(2)23(17(3)12-15)30-24(27-14-28-30)18-7-6-9-20-22(18)26-13-21(29-20)19-8-4-5-10-25-19/h4-14H,1-3H3. The van der Waals surface area contributed by atoms with Crippen molar-refractivity contribution in [1.82, 2.24) is 29.7 Å². The van der Waals surface area contributed by atoms with Crippen LogP contribution < -0.4 is 0 Å². The highest BCUT2D eigenvalue weighted by molar-refractivity contribution is 5.90. The number of hydrogen-bond donors (Lipinski definition) is 0. The third-order valence-corrected chi connectivity index (χ3v) is 5.13. The lowest BCUT2D eigenvalue weighted by Gasteiger charge is -2.14. The Morgan fingerprint density at radius 1 is 0.800 bits per heavy atom. The van der Waals surface area contributed by atoms with E-state index in [1.807, 2.05) is 41.1 Å². The maximum absolute atomic E-state index is 4.78. The highest BCUT2D eigenvalue weighted by Crippen LogP contribution is 2.30. The molecule has 0 aliphatic carbocycles. The first-order chi connectivity index (χ1) is 14.6. The largest absolute Gasteiger partial charge is 0.255 e. The van der Waals surface area contributed by atoms with Gasteiger partial charge in [0.1, 0.15) is 12.0 Å². The van der Waals surface area contributed by atoms with Crippen LogP contribution >= 0.6 is 0 Å². The van der Waals surface area contributed by atoms with Crippen LogP contribution in [0.4, 0.5) is 0 Å². The second-order valence-corrected chi connectivity index (χ2v) is 7.39. The van der Waals surface area contributed by atoms with E-state index in [2.05, 4.69) is 48.0 Å². The van der Waals surface area contributed by atoms with E-state index in [1.54, 1.807) is 18.7 Å². The van der Waals surface area contributed by atoms with Crippen molar-refractivity contribution in [2.45, 2.75) is 20.8 Å². The smallest absolute Gasteiger partial charge is 0.165 e. The molecule has 0 radical (unpaired) electrons. The van der Waals surface area contributed by atoms with Gasteiger partial charge >= 0.3 is 0 Å². The van der Waals surface area contributed by atoms with Crippen LogP contribution in [-0.2, 0) is 0 Å². The van der Waals surface area contributed by atoms with Gasteiger partial charge in [0.2, 0.25) is 0 Å². The zero-order valence-electron chi connectivity index (χ0n) is 17.0. The van der Waals surface area contributed by atoms with Crippen molar-refractivity contribution in [3.8, 4) is 28.5 Å². The molecule has 0 aliphatic rings. The summed E-state index contributed by atoms with van der Waals surface area (Å²) in [5.41, 5.74) is 8.60. The zero-order chi connectivity index (χ0) is 20.7. The van der Waals surface area contributed by atoms with Gasteiger partial charge in [0.25, 0.3) is 0 Å². The minimum atomic E-state index is 0.743. The molecule has 0 saturated carbocycles. The summed E-state index contributed by atoms with van der Waals surface area (Å²) in [5.74, 6) is 0.746. The van der Waals surface area contributed by atoms with Crippen molar-refractivity contribution in [2.24, 2.45) is 0 Å². The lowest BCUT2D eigenvalue weighted by molar-refractivity contribution is 0.870. The highest BCUT2D eigenvalue weighted by atomic mass is 15.3. The van der Waals surface area contributed by atoms with E-state index in [4.69, 9.17) is 9.97 Å². The highest BCUT2D eigenvalue weighted by Gasteiger charge is 2.17. The number of benzene rings is 2. The Bertz CT molecular complexity index is 1350. The number of fused-ring (bicyclic) bond motifs is 1. The van der Waals surface area contributed by atoms with E-state index >= 15 is 0 Å². The molecule has 6 nitrogen and oxygen atoms in total. The summed E-state index contributed by atoms with van der Waals surface area (Å²) in [7, 11) is 0. The van der Waals surface area contributed by atoms with Crippen LogP contribution in [0, 0.1) is 20.8 Å². The molecule has 0 bridgehead atoms. The average Bonchev–Trinajstić information content (AvgIpc) is 3.22. The second kappa shape index (κ2) is 7.15. The van der Waals surface area contributed by atoms with Crippen LogP contribution in [0.3, 0.4) is 0 Å². The normalized spacial score (nSPS) is 11.2. The molecule has 0 unspecified atom stereocenters. The first-order valence-electron chi connectivity index (χ1n) is 9.77. The van der Waals surface area contributed by atoms with Gasteiger partial charge in [0.15, 0.2) is 5.82 Å². The molecule has 30 heavy (non-hydrogen) atoms. The minimum Gasteiger partial charge on any atom is -0.255 e. The van der Waals surface area contributed by atoms with Gasteiger partial charge in [-0.3, -0.25) is 9.97 Å². The average molecular weight is 392 g/mol. The Hall–Kier alpha value is -3.93. The van der Waals surface area contributed by atoms with Crippen molar-refractivity contribution in [3.63, 3.8) is 0 Å². The Morgan fingerprint density at radius 2 is 1.63 bits per heavy atom. The molecule has 0 fully saturated rings. The lowest BCUT2D eigenvalue weighted by atomic mass is 10.0. The number of aromatic nitrogens is 6. The van der Waals surface area contributed by atoms with Crippen molar-refractivity contribution < 1.29 is 0 Å². The monoisotopic (exact) mass is 392 g/mol. The van der Waals surface area contributed by atoms with Gasteiger partial charge < -0.3 is 0 Å². The van der Waals surface area contributed by atoms with Crippen molar-refractivity contribution in [3.05, 3.63) is 83.9 Å². The molecule has 0 atom stereocenters. The van der Waals surface area contributed by atoms with Crippen LogP contribution in [-0.4, -0.2) is 29.7 Å². The Kier molecular flexibility index (Phi) is 4.32. The number of aryl methyl sites for hydroxylation is 3. The first kappa shape index (κ1) is 18.1. The summed E-state index contributed by atoms with van der Waals surface area (Å²) < 4.78 is 1.90. The summed E-state index contributed by atoms with van der Waals surface area (Å²) in [4.78, 5) is 18.5. The fourth-order valence-electron chi connectivity index (χ4n) is 3.95. The van der Waals surface area contributed by atoms with Crippen LogP contribution in [0.5, 0.6) is 0 Å². The number of pyridine rings is 1. The summed E-state index contributed by atoms with van der Waals surface area (Å²) in [6.07, 6.45) is 5.10. The van der Waals surface area contributed by atoms with Crippen molar-refractivity contribution in [2.75, 3.05) is 0 Å². The Morgan fingerprint density at radius 3 is 2.40 bits per heavy atom. The summed E-state index contributed by atoms with van der Waals surface area (Å²) in [5, 5.41) is 4.53. The maximum atomic E-state index is 4.78. The van der Waals surface area contributed by atoms with Crippen molar-refractivity contribution >= 4 is 11.0 Å². The molecular formula is C24H20N6. The fraction of sp³-hybridized carbons (Fsp3) is 0.125. The molecule has 3 heterocycles. The van der Waals surface area contributed by atoms with E-state index in [0.717, 1.165) is 50.6 Å². The van der Waals surface area contributed by atoms with Gasteiger partial charge in [-0.1, -0.05) is 29.8 Å². The minimum absolute atomic E-state index is 0.743. The first-order valence-corrected chi connectivity index (χ1v) is 9.77. The third-order valence-electron chi connectivity index (χ3n) is 5.13. The summed E-state index contributed by atoms with van der Waals surface area (Å²) >= 11 is 0. The van der Waals surface area contributed by atoms with Crippen LogP contribution in [0.1, 0.15) is 16.7 Å². The van der Waals surface area contributed by atoms with E-state index in [-0.39, 0.29) is 0 Å². The van der Waals surface area contributed by atoms with Gasteiger partial charge in [-0.05, 0) is 56.2 Å². The molecule has 5 aromatic rings. The molecule has 5 rings (SSSR count). The molecule has 146 valence electrons. The molecule has 6 heteroatoms. The number of rotatable bonds is 3. The topological polar surface area (TPSA) is 69.4 Å². The van der Waals surface area contributed by atoms with E-state index in [0.29, 0.717) is 0 Å². The SMILES string of the molecule is Cc1cc(C)c(-n2ncnc2-c2cccc3nc(-c4ccccn4)cnc23)c(C)c1. The van der Waals surface area contributed by atoms with E-state index < -0.39 is 0 Å².